The highest BCUT2D eigenvalue weighted by Crippen LogP contribution is 2.60. The summed E-state index contributed by atoms with van der Waals surface area (Å²) >= 11 is 0. The van der Waals surface area contributed by atoms with Gasteiger partial charge in [0.25, 0.3) is 0 Å². The normalized spacial score (nSPS) is 20.0. The van der Waals surface area contributed by atoms with E-state index in [1.54, 1.807) is 78.9 Å². The van der Waals surface area contributed by atoms with Gasteiger partial charge in [-0.1, -0.05) is 60.7 Å². The predicted molar refractivity (Wildman–Crippen MR) is 144 cm³/mol. The molecule has 198 valence electrons. The van der Waals surface area contributed by atoms with Crippen LogP contribution < -0.4 is 14.2 Å². The molecule has 0 aliphatic heterocycles. The summed E-state index contributed by atoms with van der Waals surface area (Å²) in [5, 5.41) is 10.3. The number of hydrogen-bond donors (Lipinski definition) is 1. The number of ether oxygens (including phenoxy) is 3. The molecule has 0 heterocycles. The van der Waals surface area contributed by atoms with Crippen molar-refractivity contribution >= 4 is 11.9 Å². The number of hydrogen-bond acceptors (Lipinski definition) is 5. The van der Waals surface area contributed by atoms with E-state index in [4.69, 9.17) is 14.2 Å². The molecule has 1 N–H and O–H groups in total. The van der Waals surface area contributed by atoms with Crippen LogP contribution >= 0.6 is 0 Å². The van der Waals surface area contributed by atoms with Crippen molar-refractivity contribution < 1.29 is 33.3 Å². The van der Waals surface area contributed by atoms with Gasteiger partial charge in [-0.3, -0.25) is 9.59 Å². The SMILES string of the molecule is COc1ccccc1C1C(C(=O)Oc2cccc(-c3ccc(F)cc3)c2)[C@@H](c2ccccc2OC)[C@H]1C(=O)O. The minimum atomic E-state index is -1.02. The lowest BCUT2D eigenvalue weighted by atomic mass is 9.52. The highest BCUT2D eigenvalue weighted by Gasteiger charge is 2.60. The number of methoxy groups -OCH3 is 2. The monoisotopic (exact) mass is 526 g/mol. The zero-order chi connectivity index (χ0) is 27.5. The van der Waals surface area contributed by atoms with Crippen molar-refractivity contribution in [3.05, 3.63) is 114 Å². The Bertz CT molecular complexity index is 1440. The van der Waals surface area contributed by atoms with Gasteiger partial charge in [0, 0.05) is 11.8 Å². The molecule has 1 fully saturated rings. The minimum absolute atomic E-state index is 0.304. The van der Waals surface area contributed by atoms with Crippen LogP contribution in [-0.2, 0) is 9.59 Å². The van der Waals surface area contributed by atoms with Gasteiger partial charge < -0.3 is 19.3 Å². The molecular weight excluding hydrogens is 499 g/mol. The zero-order valence-corrected chi connectivity index (χ0v) is 21.4. The standard InChI is InChI=1S/C32H27FO6/c1-37-25-12-5-3-10-23(25)27-29(31(34)35)28(24-11-4-6-13-26(24)38-2)30(27)32(36)39-22-9-7-8-20(18-22)19-14-16-21(33)17-15-19/h3-18,27-30H,1-2H3,(H,34,35)/t27-,28?,29+,30?/m0/s1. The number of carbonyl (C=O) groups is 2. The van der Waals surface area contributed by atoms with Crippen LogP contribution in [-0.4, -0.2) is 31.3 Å². The van der Waals surface area contributed by atoms with E-state index in [2.05, 4.69) is 0 Å². The fraction of sp³-hybridized carbons (Fsp3) is 0.188. The molecule has 0 aromatic heterocycles. The largest absolute Gasteiger partial charge is 0.496 e. The van der Waals surface area contributed by atoms with E-state index in [0.29, 0.717) is 28.4 Å². The molecule has 1 saturated carbocycles. The third kappa shape index (κ3) is 4.95. The molecule has 39 heavy (non-hydrogen) atoms. The molecule has 1 aliphatic rings. The molecule has 1 aliphatic carbocycles. The highest BCUT2D eigenvalue weighted by atomic mass is 19.1. The van der Waals surface area contributed by atoms with E-state index in [1.807, 2.05) is 6.07 Å². The second-order valence-electron chi connectivity index (χ2n) is 9.38. The Labute approximate surface area is 225 Å². The van der Waals surface area contributed by atoms with Crippen molar-refractivity contribution in [1.29, 1.82) is 0 Å². The Hall–Kier alpha value is -4.65. The molecular formula is C32H27FO6. The van der Waals surface area contributed by atoms with Crippen molar-refractivity contribution in [2.45, 2.75) is 11.8 Å². The Morgan fingerprint density at radius 1 is 0.692 bits per heavy atom. The van der Waals surface area contributed by atoms with Crippen molar-refractivity contribution in [2.24, 2.45) is 11.8 Å². The molecule has 0 radical (unpaired) electrons. The number of rotatable bonds is 8. The number of carbonyl (C=O) groups excluding carboxylic acids is 1. The lowest BCUT2D eigenvalue weighted by Crippen LogP contribution is -2.52. The van der Waals surface area contributed by atoms with Gasteiger partial charge in [-0.25, -0.2) is 4.39 Å². The fourth-order valence-electron chi connectivity index (χ4n) is 5.57. The molecule has 4 aromatic carbocycles. The van der Waals surface area contributed by atoms with Gasteiger partial charge >= 0.3 is 11.9 Å². The fourth-order valence-corrected chi connectivity index (χ4v) is 5.57. The number of carboxylic acid groups (broad SMARTS) is 1. The van der Waals surface area contributed by atoms with Gasteiger partial charge in [0.05, 0.1) is 26.1 Å². The first-order valence-electron chi connectivity index (χ1n) is 12.5. The summed E-state index contributed by atoms with van der Waals surface area (Å²) < 4.78 is 30.4. The topological polar surface area (TPSA) is 82.1 Å². The van der Waals surface area contributed by atoms with E-state index >= 15 is 0 Å². The summed E-state index contributed by atoms with van der Waals surface area (Å²) in [5.41, 5.74) is 2.77. The van der Waals surface area contributed by atoms with Crippen LogP contribution in [0, 0.1) is 17.7 Å². The second-order valence-corrected chi connectivity index (χ2v) is 9.38. The zero-order valence-electron chi connectivity index (χ0n) is 21.4. The predicted octanol–water partition coefficient (Wildman–Crippen LogP) is 6.31. The quantitative estimate of drug-likeness (QED) is 0.214. The molecule has 0 spiro atoms. The Kier molecular flexibility index (Phi) is 7.32. The second kappa shape index (κ2) is 11.0. The van der Waals surface area contributed by atoms with Crippen LogP contribution in [0.5, 0.6) is 17.2 Å². The van der Waals surface area contributed by atoms with E-state index in [-0.39, 0.29) is 5.82 Å². The first kappa shape index (κ1) is 26.0. The summed E-state index contributed by atoms with van der Waals surface area (Å²) in [7, 11) is 3.03. The highest BCUT2D eigenvalue weighted by molar-refractivity contribution is 5.86. The van der Waals surface area contributed by atoms with Gasteiger partial charge in [0.15, 0.2) is 0 Å². The first-order valence-corrected chi connectivity index (χ1v) is 12.5. The summed E-state index contributed by atoms with van der Waals surface area (Å²) in [6.45, 7) is 0. The van der Waals surface area contributed by atoms with Crippen LogP contribution in [0.15, 0.2) is 97.1 Å². The number of carboxylic acids is 1. The average molecular weight is 527 g/mol. The smallest absolute Gasteiger partial charge is 0.315 e. The van der Waals surface area contributed by atoms with Crippen LogP contribution in [0.4, 0.5) is 4.39 Å². The van der Waals surface area contributed by atoms with Crippen LogP contribution in [0.25, 0.3) is 11.1 Å². The summed E-state index contributed by atoms with van der Waals surface area (Å²) in [4.78, 5) is 26.5. The Morgan fingerprint density at radius 2 is 1.26 bits per heavy atom. The maximum atomic E-state index is 13.9. The molecule has 2 unspecified atom stereocenters. The van der Waals surface area contributed by atoms with Gasteiger partial charge in [-0.15, -0.1) is 0 Å². The van der Waals surface area contributed by atoms with E-state index in [1.165, 1.54) is 26.4 Å². The lowest BCUT2D eigenvalue weighted by molar-refractivity contribution is -0.158. The minimum Gasteiger partial charge on any atom is -0.496 e. The summed E-state index contributed by atoms with van der Waals surface area (Å²) in [6.07, 6.45) is 0. The van der Waals surface area contributed by atoms with Crippen molar-refractivity contribution in [3.63, 3.8) is 0 Å². The first-order chi connectivity index (χ1) is 18.9. The maximum absolute atomic E-state index is 13.9. The molecule has 4 atom stereocenters. The number of esters is 1. The third-order valence-electron chi connectivity index (χ3n) is 7.33. The molecule has 0 amide bonds. The summed E-state index contributed by atoms with van der Waals surface area (Å²) in [5.74, 6) is -3.75. The number of aliphatic carboxylic acids is 1. The Balaban J connectivity index is 1.55. The van der Waals surface area contributed by atoms with Crippen LogP contribution in [0.1, 0.15) is 23.0 Å². The molecule has 7 heteroatoms. The maximum Gasteiger partial charge on any atom is 0.315 e. The number of para-hydroxylation sites is 2. The van der Waals surface area contributed by atoms with Crippen molar-refractivity contribution in [2.75, 3.05) is 14.2 Å². The molecule has 0 saturated heterocycles. The van der Waals surface area contributed by atoms with Gasteiger partial charge in [0.1, 0.15) is 23.1 Å². The summed E-state index contributed by atoms with van der Waals surface area (Å²) in [6, 6.07) is 27.2. The van der Waals surface area contributed by atoms with E-state index < -0.39 is 35.6 Å². The van der Waals surface area contributed by atoms with Crippen molar-refractivity contribution in [1.82, 2.24) is 0 Å². The van der Waals surface area contributed by atoms with Crippen molar-refractivity contribution in [3.8, 4) is 28.4 Å². The molecule has 6 nitrogen and oxygen atoms in total. The molecule has 4 aromatic rings. The van der Waals surface area contributed by atoms with Crippen LogP contribution in [0.3, 0.4) is 0 Å². The molecule has 5 rings (SSSR count). The third-order valence-corrected chi connectivity index (χ3v) is 7.33. The molecule has 0 bridgehead atoms. The van der Waals surface area contributed by atoms with Gasteiger partial charge in [0.2, 0.25) is 0 Å². The number of halogens is 1. The van der Waals surface area contributed by atoms with Gasteiger partial charge in [-0.05, 0) is 58.7 Å². The average Bonchev–Trinajstić information content (AvgIpc) is 2.93. The van der Waals surface area contributed by atoms with Crippen LogP contribution in [0.2, 0.25) is 0 Å². The number of benzene rings is 4. The van der Waals surface area contributed by atoms with E-state index in [9.17, 15) is 19.1 Å². The lowest BCUT2D eigenvalue weighted by Gasteiger charge is -2.49. The van der Waals surface area contributed by atoms with E-state index in [0.717, 1.165) is 11.1 Å². The van der Waals surface area contributed by atoms with Gasteiger partial charge in [-0.2, -0.15) is 0 Å². The Morgan fingerprint density at radius 3 is 1.79 bits per heavy atom.